The molecule has 0 aliphatic carbocycles. The molecular weight excluding hydrogens is 429 g/mol. The van der Waals surface area contributed by atoms with Gasteiger partial charge in [0.15, 0.2) is 5.58 Å². The van der Waals surface area contributed by atoms with Gasteiger partial charge in [0.05, 0.1) is 15.5 Å². The van der Waals surface area contributed by atoms with E-state index in [4.69, 9.17) is 27.6 Å². The highest BCUT2D eigenvalue weighted by atomic mass is 35.5. The maximum atomic E-state index is 12.6. The number of nitrogens with zero attached hydrogens (tertiary/aromatic N) is 2. The summed E-state index contributed by atoms with van der Waals surface area (Å²) in [5, 5.41) is 14.8. The minimum absolute atomic E-state index is 0.113. The van der Waals surface area contributed by atoms with E-state index in [2.05, 4.69) is 10.3 Å². The Bertz CT molecular complexity index is 1320. The third kappa shape index (κ3) is 3.72. The van der Waals surface area contributed by atoms with Gasteiger partial charge in [-0.15, -0.1) is 0 Å². The van der Waals surface area contributed by atoms with Crippen LogP contribution in [-0.2, 0) is 0 Å². The van der Waals surface area contributed by atoms with Gasteiger partial charge in [-0.25, -0.2) is 4.98 Å². The van der Waals surface area contributed by atoms with Crippen molar-refractivity contribution >= 4 is 51.6 Å². The van der Waals surface area contributed by atoms with Gasteiger partial charge in [0, 0.05) is 27.9 Å². The number of benzene rings is 3. The molecule has 1 aromatic heterocycles. The highest BCUT2D eigenvalue weighted by Crippen LogP contribution is 2.33. The zero-order chi connectivity index (χ0) is 21.4. The molecule has 3 aromatic carbocycles. The van der Waals surface area contributed by atoms with Gasteiger partial charge in [0.1, 0.15) is 5.52 Å². The van der Waals surface area contributed by atoms with Crippen molar-refractivity contribution in [2.75, 3.05) is 5.32 Å². The molecule has 1 N–H and O–H groups in total. The van der Waals surface area contributed by atoms with Crippen LogP contribution in [0.4, 0.5) is 11.4 Å². The number of nitro groups is 1. The fourth-order valence-electron chi connectivity index (χ4n) is 3.05. The van der Waals surface area contributed by atoms with E-state index in [1.807, 2.05) is 0 Å². The fraction of sp³-hybridized carbons (Fsp3) is 0.0476. The first kappa shape index (κ1) is 19.9. The fourth-order valence-corrected chi connectivity index (χ4v) is 3.42. The van der Waals surface area contributed by atoms with Crippen LogP contribution in [0.25, 0.3) is 22.6 Å². The Balaban J connectivity index is 1.65. The summed E-state index contributed by atoms with van der Waals surface area (Å²) in [7, 11) is 0. The van der Waals surface area contributed by atoms with Crippen LogP contribution < -0.4 is 5.32 Å². The first-order chi connectivity index (χ1) is 14.3. The van der Waals surface area contributed by atoms with Crippen molar-refractivity contribution in [1.82, 2.24) is 4.98 Å². The number of nitrogens with one attached hydrogen (secondary N) is 1. The summed E-state index contributed by atoms with van der Waals surface area (Å²) in [5.74, 6) is -0.160. The molecule has 0 atom stereocenters. The molecule has 150 valence electrons. The number of carbonyl (C=O) groups is 1. The number of anilines is 1. The Morgan fingerprint density at radius 2 is 1.93 bits per heavy atom. The Morgan fingerprint density at radius 3 is 2.70 bits per heavy atom. The number of fused-ring (bicyclic) bond motifs is 1. The molecule has 9 heteroatoms. The number of oxazole rings is 1. The molecule has 0 radical (unpaired) electrons. The van der Waals surface area contributed by atoms with E-state index in [1.54, 1.807) is 36.4 Å². The second kappa shape index (κ2) is 7.78. The smallest absolute Gasteiger partial charge is 0.273 e. The zero-order valence-corrected chi connectivity index (χ0v) is 17.0. The number of rotatable bonds is 4. The molecule has 30 heavy (non-hydrogen) atoms. The number of nitro benzene ring substituents is 1. The summed E-state index contributed by atoms with van der Waals surface area (Å²) >= 11 is 12.2. The van der Waals surface area contributed by atoms with E-state index in [0.717, 1.165) is 0 Å². The third-order valence-corrected chi connectivity index (χ3v) is 5.12. The standard InChI is InChI=1S/C21H13Cl2N3O4/c1-11-14(3-2-4-18(11)26(28)29)20(27)24-13-6-8-19-17(10-13)25-21(30-19)15-9-12(22)5-7-16(15)23/h2-10H,1H3,(H,24,27). The minimum atomic E-state index is -0.518. The van der Waals surface area contributed by atoms with Crippen LogP contribution in [0.15, 0.2) is 59.0 Å². The maximum absolute atomic E-state index is 12.6. The second-order valence-corrected chi connectivity index (χ2v) is 7.33. The average molecular weight is 442 g/mol. The van der Waals surface area contributed by atoms with Gasteiger partial charge in [-0.3, -0.25) is 14.9 Å². The number of carbonyl (C=O) groups excluding carboxylic acids is 1. The molecule has 0 saturated heterocycles. The van der Waals surface area contributed by atoms with Crippen LogP contribution in [-0.4, -0.2) is 15.8 Å². The topological polar surface area (TPSA) is 98.3 Å². The number of amides is 1. The number of hydrogen-bond donors (Lipinski definition) is 1. The van der Waals surface area contributed by atoms with Gasteiger partial charge in [0.25, 0.3) is 11.6 Å². The van der Waals surface area contributed by atoms with Crippen molar-refractivity contribution in [2.24, 2.45) is 0 Å². The van der Waals surface area contributed by atoms with E-state index < -0.39 is 10.8 Å². The van der Waals surface area contributed by atoms with Crippen molar-refractivity contribution in [3.63, 3.8) is 0 Å². The molecule has 0 saturated carbocycles. The van der Waals surface area contributed by atoms with E-state index in [0.29, 0.717) is 43.9 Å². The van der Waals surface area contributed by atoms with Crippen LogP contribution in [0, 0.1) is 17.0 Å². The number of aromatic nitrogens is 1. The Hall–Kier alpha value is -3.42. The van der Waals surface area contributed by atoms with E-state index in [-0.39, 0.29) is 11.3 Å². The van der Waals surface area contributed by atoms with Crippen molar-refractivity contribution in [2.45, 2.75) is 6.92 Å². The van der Waals surface area contributed by atoms with Crippen molar-refractivity contribution in [1.29, 1.82) is 0 Å². The van der Waals surface area contributed by atoms with Gasteiger partial charge in [-0.1, -0.05) is 29.3 Å². The summed E-state index contributed by atoms with van der Waals surface area (Å²) in [4.78, 5) is 27.7. The molecule has 0 aliphatic heterocycles. The maximum Gasteiger partial charge on any atom is 0.273 e. The molecule has 4 rings (SSSR count). The van der Waals surface area contributed by atoms with Crippen LogP contribution in [0.5, 0.6) is 0 Å². The molecule has 1 heterocycles. The molecule has 7 nitrogen and oxygen atoms in total. The van der Waals surface area contributed by atoms with Crippen molar-refractivity contribution < 1.29 is 14.1 Å². The monoisotopic (exact) mass is 441 g/mol. The summed E-state index contributed by atoms with van der Waals surface area (Å²) in [6.45, 7) is 1.54. The lowest BCUT2D eigenvalue weighted by molar-refractivity contribution is -0.385. The summed E-state index contributed by atoms with van der Waals surface area (Å²) < 4.78 is 5.75. The SMILES string of the molecule is Cc1c(C(=O)Nc2ccc3oc(-c4cc(Cl)ccc4Cl)nc3c2)cccc1[N+](=O)[O-]. The summed E-state index contributed by atoms with van der Waals surface area (Å²) in [5.41, 5.74) is 2.43. The zero-order valence-electron chi connectivity index (χ0n) is 15.5. The average Bonchev–Trinajstić information content (AvgIpc) is 3.12. The molecular formula is C21H13Cl2N3O4. The van der Waals surface area contributed by atoms with Gasteiger partial charge >= 0.3 is 0 Å². The molecule has 0 bridgehead atoms. The largest absolute Gasteiger partial charge is 0.436 e. The molecule has 4 aromatic rings. The normalized spacial score (nSPS) is 10.9. The van der Waals surface area contributed by atoms with Gasteiger partial charge < -0.3 is 9.73 Å². The summed E-state index contributed by atoms with van der Waals surface area (Å²) in [6.07, 6.45) is 0. The molecule has 0 aliphatic rings. The first-order valence-electron chi connectivity index (χ1n) is 8.75. The van der Waals surface area contributed by atoms with E-state index >= 15 is 0 Å². The van der Waals surface area contributed by atoms with Crippen LogP contribution >= 0.6 is 23.2 Å². The second-order valence-electron chi connectivity index (χ2n) is 6.49. The molecule has 1 amide bonds. The van der Waals surface area contributed by atoms with Crippen LogP contribution in [0.1, 0.15) is 15.9 Å². The van der Waals surface area contributed by atoms with Crippen molar-refractivity contribution in [3.8, 4) is 11.5 Å². The minimum Gasteiger partial charge on any atom is -0.436 e. The van der Waals surface area contributed by atoms with Crippen LogP contribution in [0.3, 0.4) is 0 Å². The van der Waals surface area contributed by atoms with Crippen molar-refractivity contribution in [3.05, 3.63) is 85.9 Å². The molecule has 0 spiro atoms. The Labute approximate surface area is 180 Å². The van der Waals surface area contributed by atoms with E-state index in [9.17, 15) is 14.9 Å². The lowest BCUT2D eigenvalue weighted by Gasteiger charge is -2.07. The van der Waals surface area contributed by atoms with Gasteiger partial charge in [-0.05, 0) is 49.4 Å². The lowest BCUT2D eigenvalue weighted by atomic mass is 10.1. The quantitative estimate of drug-likeness (QED) is 0.297. The van der Waals surface area contributed by atoms with Gasteiger partial charge in [0.2, 0.25) is 5.89 Å². The number of halogens is 2. The predicted molar refractivity (Wildman–Crippen MR) is 115 cm³/mol. The molecule has 0 unspecified atom stereocenters. The molecule has 0 fully saturated rings. The van der Waals surface area contributed by atoms with Crippen LogP contribution in [0.2, 0.25) is 10.0 Å². The predicted octanol–water partition coefficient (Wildman–Crippen LogP) is 6.27. The number of hydrogen-bond acceptors (Lipinski definition) is 5. The first-order valence-corrected chi connectivity index (χ1v) is 9.50. The lowest BCUT2D eigenvalue weighted by Crippen LogP contribution is -2.14. The van der Waals surface area contributed by atoms with E-state index in [1.165, 1.54) is 25.1 Å². The third-order valence-electron chi connectivity index (χ3n) is 4.55. The highest BCUT2D eigenvalue weighted by molar-refractivity contribution is 6.35. The van der Waals surface area contributed by atoms with Gasteiger partial charge in [-0.2, -0.15) is 0 Å². The Morgan fingerprint density at radius 1 is 1.13 bits per heavy atom. The highest BCUT2D eigenvalue weighted by Gasteiger charge is 2.19. The Kier molecular flexibility index (Phi) is 5.15. The summed E-state index contributed by atoms with van der Waals surface area (Å²) in [6, 6.07) is 14.3.